The van der Waals surface area contributed by atoms with E-state index in [1.54, 1.807) is 6.92 Å². The first-order chi connectivity index (χ1) is 7.20. The number of Topliss-reactive ketones (excluding diaryl/α,β-unsaturated/α-hetero) is 1. The van der Waals surface area contributed by atoms with E-state index in [1.807, 2.05) is 0 Å². The van der Waals surface area contributed by atoms with E-state index in [2.05, 4.69) is 0 Å². The molecule has 2 heteroatoms. The smallest absolute Gasteiger partial charge is 0.129 e. The molecule has 0 amide bonds. The first-order valence-corrected chi connectivity index (χ1v) is 6.37. The summed E-state index contributed by atoms with van der Waals surface area (Å²) in [4.78, 5) is 10.9. The van der Waals surface area contributed by atoms with Crippen LogP contribution in [0, 0.1) is 0 Å². The monoisotopic (exact) mass is 210 g/mol. The van der Waals surface area contributed by atoms with Gasteiger partial charge in [0.25, 0.3) is 0 Å². The number of ketones is 1. The number of carbonyl (C=O) groups excluding carboxylic acids is 1. The second kappa shape index (κ2) is 4.65. The van der Waals surface area contributed by atoms with Gasteiger partial charge in [0.05, 0.1) is 11.7 Å². The zero-order chi connectivity index (χ0) is 10.7. The first-order valence-electron chi connectivity index (χ1n) is 6.37. The largest absolute Gasteiger partial charge is 0.372 e. The van der Waals surface area contributed by atoms with E-state index in [1.165, 1.54) is 44.9 Å². The molecule has 2 nitrogen and oxygen atoms in total. The summed E-state index contributed by atoms with van der Waals surface area (Å²) in [7, 11) is 0. The molecule has 0 aromatic heterocycles. The molecule has 0 aromatic carbocycles. The lowest BCUT2D eigenvalue weighted by Crippen LogP contribution is -2.31. The van der Waals surface area contributed by atoms with Crippen molar-refractivity contribution >= 4 is 5.78 Å². The van der Waals surface area contributed by atoms with Gasteiger partial charge in [-0.3, -0.25) is 0 Å². The molecule has 2 rings (SSSR count). The number of ether oxygens (including phenoxy) is 1. The van der Waals surface area contributed by atoms with Gasteiger partial charge < -0.3 is 9.53 Å². The molecular formula is C13H22O2. The van der Waals surface area contributed by atoms with E-state index in [0.717, 1.165) is 6.42 Å². The molecule has 15 heavy (non-hydrogen) atoms. The lowest BCUT2D eigenvalue weighted by molar-refractivity contribution is -0.118. The predicted molar refractivity (Wildman–Crippen MR) is 59.8 cm³/mol. The third-order valence-corrected chi connectivity index (χ3v) is 3.92. The highest BCUT2D eigenvalue weighted by Gasteiger charge is 2.40. The van der Waals surface area contributed by atoms with Crippen LogP contribution in [0.15, 0.2) is 0 Å². The van der Waals surface area contributed by atoms with Crippen molar-refractivity contribution in [2.75, 3.05) is 0 Å². The van der Waals surface area contributed by atoms with Crippen molar-refractivity contribution in [1.82, 2.24) is 0 Å². The van der Waals surface area contributed by atoms with Crippen LogP contribution in [0.2, 0.25) is 0 Å². The fourth-order valence-electron chi connectivity index (χ4n) is 3.03. The third kappa shape index (κ3) is 2.81. The Bertz CT molecular complexity index is 229. The van der Waals surface area contributed by atoms with Crippen LogP contribution in [0.3, 0.4) is 0 Å². The molecule has 1 aliphatic carbocycles. The van der Waals surface area contributed by atoms with Crippen molar-refractivity contribution in [1.29, 1.82) is 0 Å². The fraction of sp³-hybridized carbons (Fsp3) is 0.923. The summed E-state index contributed by atoms with van der Waals surface area (Å²) in [6.07, 6.45) is 11.0. The van der Waals surface area contributed by atoms with E-state index in [0.29, 0.717) is 18.3 Å². The highest BCUT2D eigenvalue weighted by molar-refractivity contribution is 5.75. The topological polar surface area (TPSA) is 26.3 Å². The van der Waals surface area contributed by atoms with Crippen LogP contribution in [-0.2, 0) is 9.53 Å². The van der Waals surface area contributed by atoms with Crippen LogP contribution in [0.1, 0.15) is 64.7 Å². The summed E-state index contributed by atoms with van der Waals surface area (Å²) in [6.45, 7) is 1.67. The first kappa shape index (κ1) is 11.1. The average molecular weight is 210 g/mol. The van der Waals surface area contributed by atoms with Crippen LogP contribution < -0.4 is 0 Å². The van der Waals surface area contributed by atoms with Crippen LogP contribution >= 0.6 is 0 Å². The molecule has 1 atom stereocenters. The second-order valence-corrected chi connectivity index (χ2v) is 5.26. The molecule has 2 fully saturated rings. The van der Waals surface area contributed by atoms with Gasteiger partial charge in [-0.25, -0.2) is 0 Å². The van der Waals surface area contributed by atoms with Crippen LogP contribution in [0.4, 0.5) is 0 Å². The Hall–Kier alpha value is -0.370. The summed E-state index contributed by atoms with van der Waals surface area (Å²) in [5.41, 5.74) is 0.222. The second-order valence-electron chi connectivity index (χ2n) is 5.26. The SMILES string of the molecule is CC(=O)CCC1CCC2(CCCCC2)O1. The number of hydrogen-bond acceptors (Lipinski definition) is 2. The van der Waals surface area contributed by atoms with Crippen molar-refractivity contribution in [2.24, 2.45) is 0 Å². The summed E-state index contributed by atoms with van der Waals surface area (Å²) < 4.78 is 6.19. The Labute approximate surface area is 92.4 Å². The summed E-state index contributed by atoms with van der Waals surface area (Å²) in [6, 6.07) is 0. The Morgan fingerprint density at radius 3 is 2.67 bits per heavy atom. The van der Waals surface area contributed by atoms with Gasteiger partial charge in [-0.15, -0.1) is 0 Å². The maximum absolute atomic E-state index is 10.9. The van der Waals surface area contributed by atoms with Gasteiger partial charge in [0, 0.05) is 6.42 Å². The van der Waals surface area contributed by atoms with Crippen LogP contribution in [0.25, 0.3) is 0 Å². The van der Waals surface area contributed by atoms with Gasteiger partial charge in [-0.2, -0.15) is 0 Å². The highest BCUT2D eigenvalue weighted by Crippen LogP contribution is 2.42. The molecule has 1 unspecified atom stereocenters. The van der Waals surface area contributed by atoms with Gasteiger partial charge in [0.15, 0.2) is 0 Å². The van der Waals surface area contributed by atoms with Gasteiger partial charge in [-0.05, 0) is 39.0 Å². The Balaban J connectivity index is 1.80. The van der Waals surface area contributed by atoms with Crippen molar-refractivity contribution in [3.8, 4) is 0 Å². The molecule has 1 saturated carbocycles. The van der Waals surface area contributed by atoms with Crippen LogP contribution in [0.5, 0.6) is 0 Å². The number of hydrogen-bond donors (Lipinski definition) is 0. The minimum atomic E-state index is 0.222. The van der Waals surface area contributed by atoms with Crippen molar-refractivity contribution in [3.63, 3.8) is 0 Å². The molecule has 1 saturated heterocycles. The maximum Gasteiger partial charge on any atom is 0.129 e. The molecule has 86 valence electrons. The number of rotatable bonds is 3. The van der Waals surface area contributed by atoms with Gasteiger partial charge in [-0.1, -0.05) is 19.3 Å². The fourth-order valence-corrected chi connectivity index (χ4v) is 3.03. The third-order valence-electron chi connectivity index (χ3n) is 3.92. The quantitative estimate of drug-likeness (QED) is 0.714. The van der Waals surface area contributed by atoms with Gasteiger partial charge in [0.1, 0.15) is 5.78 Å². The minimum Gasteiger partial charge on any atom is -0.372 e. The Kier molecular flexibility index (Phi) is 3.45. The normalized spacial score (nSPS) is 29.5. The maximum atomic E-state index is 10.9. The summed E-state index contributed by atoms with van der Waals surface area (Å²) in [5.74, 6) is 0.295. The number of carbonyl (C=O) groups is 1. The predicted octanol–water partition coefficient (Wildman–Crippen LogP) is 3.24. The van der Waals surface area contributed by atoms with E-state index in [9.17, 15) is 4.79 Å². The average Bonchev–Trinajstić information content (AvgIpc) is 2.60. The Morgan fingerprint density at radius 2 is 2.00 bits per heavy atom. The molecular weight excluding hydrogens is 188 g/mol. The highest BCUT2D eigenvalue weighted by atomic mass is 16.5. The zero-order valence-corrected chi connectivity index (χ0v) is 9.76. The summed E-state index contributed by atoms with van der Waals surface area (Å²) >= 11 is 0. The summed E-state index contributed by atoms with van der Waals surface area (Å²) in [5, 5.41) is 0. The molecule has 2 aliphatic rings. The minimum absolute atomic E-state index is 0.222. The zero-order valence-electron chi connectivity index (χ0n) is 9.76. The molecule has 0 bridgehead atoms. The van der Waals surface area contributed by atoms with E-state index < -0.39 is 0 Å². The lowest BCUT2D eigenvalue weighted by atomic mass is 9.83. The molecule has 1 aliphatic heterocycles. The van der Waals surface area contributed by atoms with Crippen LogP contribution in [-0.4, -0.2) is 17.5 Å². The van der Waals surface area contributed by atoms with E-state index >= 15 is 0 Å². The lowest BCUT2D eigenvalue weighted by Gasteiger charge is -2.33. The van der Waals surface area contributed by atoms with Crippen molar-refractivity contribution in [3.05, 3.63) is 0 Å². The van der Waals surface area contributed by atoms with Crippen molar-refractivity contribution < 1.29 is 9.53 Å². The van der Waals surface area contributed by atoms with E-state index in [-0.39, 0.29) is 5.60 Å². The van der Waals surface area contributed by atoms with Gasteiger partial charge >= 0.3 is 0 Å². The standard InChI is InChI=1S/C13H22O2/c1-11(14)5-6-12-7-10-13(15-12)8-3-2-4-9-13/h12H,2-10H2,1H3. The molecule has 1 heterocycles. The Morgan fingerprint density at radius 1 is 1.27 bits per heavy atom. The molecule has 0 N–H and O–H groups in total. The van der Waals surface area contributed by atoms with Gasteiger partial charge in [0.2, 0.25) is 0 Å². The van der Waals surface area contributed by atoms with E-state index in [4.69, 9.17) is 4.74 Å². The molecule has 0 aromatic rings. The molecule has 1 spiro atoms. The molecule has 0 radical (unpaired) electrons. The van der Waals surface area contributed by atoms with Crippen molar-refractivity contribution in [2.45, 2.75) is 76.4 Å².